The number of benzene rings is 3. The fourth-order valence-corrected chi connectivity index (χ4v) is 4.58. The molecular weight excluding hydrogens is 505 g/mol. The molecule has 0 saturated carbocycles. The Kier molecular flexibility index (Phi) is 7.35. The molecule has 0 aliphatic carbocycles. The number of rotatable bonds is 8. The summed E-state index contributed by atoms with van der Waals surface area (Å²) in [6.45, 7) is 2.35. The maximum absolute atomic E-state index is 12.8. The molecule has 37 heavy (non-hydrogen) atoms. The van der Waals surface area contributed by atoms with Crippen molar-refractivity contribution in [3.8, 4) is 17.0 Å². The van der Waals surface area contributed by atoms with Crippen molar-refractivity contribution in [3.05, 3.63) is 96.3 Å². The minimum Gasteiger partial charge on any atom is -0.406 e. The van der Waals surface area contributed by atoms with Crippen molar-refractivity contribution in [1.82, 2.24) is 9.97 Å². The van der Waals surface area contributed by atoms with Gasteiger partial charge in [0.2, 0.25) is 0 Å². The molecule has 1 heterocycles. The third-order valence-electron chi connectivity index (χ3n) is 5.42. The lowest BCUT2D eigenvalue weighted by molar-refractivity contribution is -0.274. The Morgan fingerprint density at radius 1 is 0.892 bits per heavy atom. The molecule has 0 saturated heterocycles. The highest BCUT2D eigenvalue weighted by Crippen LogP contribution is 2.28. The van der Waals surface area contributed by atoms with Crippen molar-refractivity contribution in [2.24, 2.45) is 0 Å². The maximum atomic E-state index is 12.8. The minimum atomic E-state index is -4.74. The van der Waals surface area contributed by atoms with Crippen molar-refractivity contribution in [2.75, 3.05) is 16.7 Å². The third-order valence-corrected chi connectivity index (χ3v) is 6.77. The lowest BCUT2D eigenvalue weighted by Crippen LogP contribution is -2.18. The standard InChI is InChI=1S/C26H23F3N4O3S/c1-18-3-13-23(14-4-18)37(34,35)32-25-24(30-15-16-31-25)20-7-5-19(6-8-20)17-33(2)21-9-11-22(12-10-21)36-26(27,28)29/h3-16H,17H2,1-2H3,(H,31,32). The fraction of sp³-hybridized carbons (Fsp3) is 0.154. The van der Waals surface area contributed by atoms with Crippen LogP contribution >= 0.6 is 0 Å². The van der Waals surface area contributed by atoms with E-state index in [-0.39, 0.29) is 16.5 Å². The van der Waals surface area contributed by atoms with Crippen LogP contribution in [0.4, 0.5) is 24.7 Å². The van der Waals surface area contributed by atoms with Crippen molar-refractivity contribution in [2.45, 2.75) is 24.7 Å². The SMILES string of the molecule is Cc1ccc(S(=O)(=O)Nc2nccnc2-c2ccc(CN(C)c3ccc(OC(F)(F)F)cc3)cc2)cc1. The van der Waals surface area contributed by atoms with E-state index in [1.54, 1.807) is 36.4 Å². The van der Waals surface area contributed by atoms with Crippen molar-refractivity contribution < 1.29 is 26.3 Å². The van der Waals surface area contributed by atoms with Crippen LogP contribution in [0.2, 0.25) is 0 Å². The molecule has 11 heteroatoms. The molecule has 0 bridgehead atoms. The van der Waals surface area contributed by atoms with E-state index in [2.05, 4.69) is 19.4 Å². The zero-order chi connectivity index (χ0) is 26.6. The van der Waals surface area contributed by atoms with Crippen LogP contribution in [0.3, 0.4) is 0 Å². The fourth-order valence-electron chi connectivity index (χ4n) is 3.56. The first-order chi connectivity index (χ1) is 17.5. The van der Waals surface area contributed by atoms with E-state index in [9.17, 15) is 21.6 Å². The summed E-state index contributed by atoms with van der Waals surface area (Å²) in [6, 6.07) is 19.4. The summed E-state index contributed by atoms with van der Waals surface area (Å²) < 4.78 is 69.2. The minimum absolute atomic E-state index is 0.106. The van der Waals surface area contributed by atoms with E-state index in [1.165, 1.54) is 36.7 Å². The number of hydrogen-bond donors (Lipinski definition) is 1. The first-order valence-corrected chi connectivity index (χ1v) is 12.6. The summed E-state index contributed by atoms with van der Waals surface area (Å²) in [5.74, 6) is -0.180. The van der Waals surface area contributed by atoms with Gasteiger partial charge in [0.25, 0.3) is 10.0 Å². The number of hydrogen-bond acceptors (Lipinski definition) is 6. The zero-order valence-electron chi connectivity index (χ0n) is 19.9. The molecule has 0 atom stereocenters. The summed E-state index contributed by atoms with van der Waals surface area (Å²) in [5, 5.41) is 0. The van der Waals surface area contributed by atoms with E-state index in [0.29, 0.717) is 23.5 Å². The van der Waals surface area contributed by atoms with E-state index in [0.717, 1.165) is 11.1 Å². The van der Waals surface area contributed by atoms with Crippen LogP contribution in [0.25, 0.3) is 11.3 Å². The Morgan fingerprint density at radius 3 is 2.14 bits per heavy atom. The van der Waals surface area contributed by atoms with Crippen molar-refractivity contribution in [3.63, 3.8) is 0 Å². The second kappa shape index (κ2) is 10.5. The molecule has 1 aromatic heterocycles. The molecule has 0 amide bonds. The summed E-state index contributed by atoms with van der Waals surface area (Å²) in [4.78, 5) is 10.5. The molecule has 0 unspecified atom stereocenters. The van der Waals surface area contributed by atoms with Gasteiger partial charge in [-0.3, -0.25) is 9.71 Å². The van der Waals surface area contributed by atoms with Gasteiger partial charge in [0.05, 0.1) is 4.90 Å². The zero-order valence-corrected chi connectivity index (χ0v) is 20.7. The van der Waals surface area contributed by atoms with Gasteiger partial charge >= 0.3 is 6.36 Å². The van der Waals surface area contributed by atoms with Gasteiger partial charge in [-0.1, -0.05) is 42.0 Å². The predicted octanol–water partition coefficient (Wildman–Crippen LogP) is 5.79. The van der Waals surface area contributed by atoms with Crippen LogP contribution in [-0.4, -0.2) is 31.8 Å². The quantitative estimate of drug-likeness (QED) is 0.312. The number of anilines is 2. The first-order valence-electron chi connectivity index (χ1n) is 11.1. The smallest absolute Gasteiger partial charge is 0.406 e. The van der Waals surface area contributed by atoms with E-state index < -0.39 is 16.4 Å². The third kappa shape index (κ3) is 6.76. The molecule has 0 aliphatic rings. The largest absolute Gasteiger partial charge is 0.573 e. The topological polar surface area (TPSA) is 84.4 Å². The van der Waals surface area contributed by atoms with Crippen molar-refractivity contribution >= 4 is 21.5 Å². The van der Waals surface area contributed by atoms with Crippen LogP contribution < -0.4 is 14.4 Å². The Morgan fingerprint density at radius 2 is 1.51 bits per heavy atom. The molecule has 0 fully saturated rings. The Balaban J connectivity index is 1.48. The Hall–Kier alpha value is -4.12. The predicted molar refractivity (Wildman–Crippen MR) is 135 cm³/mol. The normalized spacial score (nSPS) is 11.7. The van der Waals surface area contributed by atoms with Crippen LogP contribution in [0.1, 0.15) is 11.1 Å². The Labute approximate surface area is 212 Å². The van der Waals surface area contributed by atoms with Gasteiger partial charge in [0, 0.05) is 37.2 Å². The summed E-state index contributed by atoms with van der Waals surface area (Å²) in [7, 11) is -2.05. The molecule has 4 aromatic rings. The number of alkyl halides is 3. The molecule has 0 radical (unpaired) electrons. The van der Waals surface area contributed by atoms with Gasteiger partial charge in [0.15, 0.2) is 5.82 Å². The lowest BCUT2D eigenvalue weighted by Gasteiger charge is -2.20. The number of halogens is 3. The second-order valence-corrected chi connectivity index (χ2v) is 9.95. The van der Waals surface area contributed by atoms with E-state index >= 15 is 0 Å². The first kappa shape index (κ1) is 26.0. The number of sulfonamides is 1. The number of ether oxygens (including phenoxy) is 1. The van der Waals surface area contributed by atoms with E-state index in [1.807, 2.05) is 31.0 Å². The maximum Gasteiger partial charge on any atom is 0.573 e. The van der Waals surface area contributed by atoms with Crippen LogP contribution in [0.15, 0.2) is 90.1 Å². The molecular formula is C26H23F3N4O3S. The number of nitrogens with one attached hydrogen (secondary N) is 1. The molecule has 3 aromatic carbocycles. The van der Waals surface area contributed by atoms with Gasteiger partial charge in [-0.15, -0.1) is 13.2 Å². The van der Waals surface area contributed by atoms with Gasteiger partial charge in [-0.05, 0) is 48.9 Å². The van der Waals surface area contributed by atoms with Crippen LogP contribution in [0, 0.1) is 6.92 Å². The number of aromatic nitrogens is 2. The Bertz CT molecular complexity index is 1460. The van der Waals surface area contributed by atoms with E-state index in [4.69, 9.17) is 0 Å². The number of nitrogens with zero attached hydrogens (tertiary/aromatic N) is 3. The summed E-state index contributed by atoms with van der Waals surface area (Å²) >= 11 is 0. The van der Waals surface area contributed by atoms with Crippen molar-refractivity contribution in [1.29, 1.82) is 0 Å². The number of aryl methyl sites for hydroxylation is 1. The highest BCUT2D eigenvalue weighted by Gasteiger charge is 2.31. The molecule has 0 aliphatic heterocycles. The van der Waals surface area contributed by atoms with Crippen LogP contribution in [0.5, 0.6) is 5.75 Å². The molecule has 1 N–H and O–H groups in total. The lowest BCUT2D eigenvalue weighted by atomic mass is 10.1. The monoisotopic (exact) mass is 528 g/mol. The van der Waals surface area contributed by atoms with Crippen LogP contribution in [-0.2, 0) is 16.6 Å². The van der Waals surface area contributed by atoms with Gasteiger partial charge in [-0.2, -0.15) is 0 Å². The van der Waals surface area contributed by atoms with Gasteiger partial charge in [0.1, 0.15) is 11.4 Å². The molecule has 0 spiro atoms. The highest BCUT2D eigenvalue weighted by molar-refractivity contribution is 7.92. The molecule has 7 nitrogen and oxygen atoms in total. The highest BCUT2D eigenvalue weighted by atomic mass is 32.2. The second-order valence-electron chi connectivity index (χ2n) is 8.27. The molecule has 192 valence electrons. The molecule has 4 rings (SSSR count). The summed E-state index contributed by atoms with van der Waals surface area (Å²) in [6.07, 6.45) is -1.85. The summed E-state index contributed by atoms with van der Waals surface area (Å²) in [5.41, 5.74) is 3.61. The average molecular weight is 529 g/mol. The van der Waals surface area contributed by atoms with Gasteiger partial charge in [-0.25, -0.2) is 13.4 Å². The average Bonchev–Trinajstić information content (AvgIpc) is 2.84. The van der Waals surface area contributed by atoms with Gasteiger partial charge < -0.3 is 9.64 Å².